The van der Waals surface area contributed by atoms with Crippen LogP contribution in [-0.4, -0.2) is 19.3 Å². The molecule has 0 amide bonds. The Kier molecular flexibility index (Phi) is 3.77. The van der Waals surface area contributed by atoms with E-state index >= 15 is 0 Å². The van der Waals surface area contributed by atoms with Gasteiger partial charge in [-0.1, -0.05) is 0 Å². The molecule has 1 atom stereocenters. The first-order valence-corrected chi connectivity index (χ1v) is 4.66. The van der Waals surface area contributed by atoms with Gasteiger partial charge < -0.3 is 10.5 Å². The predicted molar refractivity (Wildman–Crippen MR) is 54.5 cm³/mol. The lowest BCUT2D eigenvalue weighted by Gasteiger charge is -2.23. The summed E-state index contributed by atoms with van der Waals surface area (Å²) < 4.78 is 30.7. The number of methoxy groups -OCH3 is 1. The molecule has 0 bridgehead atoms. The van der Waals surface area contributed by atoms with Crippen LogP contribution in [-0.2, 0) is 11.2 Å². The van der Waals surface area contributed by atoms with Crippen LogP contribution in [0.15, 0.2) is 18.2 Å². The molecular weight excluding hydrogens is 200 g/mol. The van der Waals surface area contributed by atoms with Gasteiger partial charge in [-0.05, 0) is 31.0 Å². The zero-order chi connectivity index (χ0) is 11.5. The van der Waals surface area contributed by atoms with Crippen molar-refractivity contribution in [1.29, 1.82) is 0 Å². The molecule has 4 heteroatoms. The lowest BCUT2D eigenvalue weighted by atomic mass is 9.95. The van der Waals surface area contributed by atoms with E-state index in [1.807, 2.05) is 0 Å². The van der Waals surface area contributed by atoms with Gasteiger partial charge in [-0.25, -0.2) is 8.78 Å². The van der Waals surface area contributed by atoms with E-state index in [1.54, 1.807) is 6.92 Å². The quantitative estimate of drug-likeness (QED) is 0.832. The molecule has 2 nitrogen and oxygen atoms in total. The Morgan fingerprint density at radius 1 is 1.27 bits per heavy atom. The third-order valence-electron chi connectivity index (χ3n) is 2.00. The molecule has 0 heterocycles. The van der Waals surface area contributed by atoms with Crippen LogP contribution >= 0.6 is 0 Å². The van der Waals surface area contributed by atoms with E-state index in [9.17, 15) is 8.78 Å². The molecule has 1 rings (SSSR count). The number of ether oxygens (including phenoxy) is 1. The van der Waals surface area contributed by atoms with Crippen molar-refractivity contribution < 1.29 is 13.5 Å². The summed E-state index contributed by atoms with van der Waals surface area (Å²) in [6, 6.07) is 3.40. The van der Waals surface area contributed by atoms with E-state index in [0.717, 1.165) is 6.07 Å². The van der Waals surface area contributed by atoms with Crippen LogP contribution in [0.2, 0.25) is 0 Å². The van der Waals surface area contributed by atoms with E-state index in [-0.39, 0.29) is 0 Å². The van der Waals surface area contributed by atoms with Gasteiger partial charge in [-0.15, -0.1) is 0 Å². The summed E-state index contributed by atoms with van der Waals surface area (Å²) in [7, 11) is 1.54. The van der Waals surface area contributed by atoms with E-state index in [1.165, 1.54) is 19.2 Å². The third-order valence-corrected chi connectivity index (χ3v) is 2.00. The van der Waals surface area contributed by atoms with Crippen molar-refractivity contribution in [2.75, 3.05) is 13.7 Å². The summed E-state index contributed by atoms with van der Waals surface area (Å²) >= 11 is 0. The Labute approximate surface area is 88.0 Å². The van der Waals surface area contributed by atoms with Gasteiger partial charge in [-0.2, -0.15) is 0 Å². The summed E-state index contributed by atoms with van der Waals surface area (Å²) in [6.07, 6.45) is 0.371. The number of hydrogen-bond donors (Lipinski definition) is 1. The predicted octanol–water partition coefficient (Wildman–Crippen LogP) is 1.87. The van der Waals surface area contributed by atoms with Gasteiger partial charge in [0.05, 0.1) is 6.61 Å². The molecule has 1 aromatic carbocycles. The fourth-order valence-electron chi connectivity index (χ4n) is 1.56. The molecular formula is C11H15F2NO. The maximum Gasteiger partial charge on any atom is 0.126 e. The van der Waals surface area contributed by atoms with Gasteiger partial charge in [0.25, 0.3) is 0 Å². The van der Waals surface area contributed by atoms with E-state index < -0.39 is 17.2 Å². The zero-order valence-corrected chi connectivity index (χ0v) is 8.89. The average molecular weight is 215 g/mol. The Bertz CT molecular complexity index is 319. The van der Waals surface area contributed by atoms with Crippen LogP contribution in [0.3, 0.4) is 0 Å². The Hall–Kier alpha value is -1.00. The maximum atomic E-state index is 12.9. The number of nitrogens with two attached hydrogens (primary N) is 1. The highest BCUT2D eigenvalue weighted by Crippen LogP contribution is 2.14. The first kappa shape index (κ1) is 12.1. The molecule has 2 N–H and O–H groups in total. The SMILES string of the molecule is COCC(C)(N)Cc1cc(F)cc(F)c1. The summed E-state index contributed by atoms with van der Waals surface area (Å²) in [4.78, 5) is 0. The van der Waals surface area contributed by atoms with Crippen molar-refractivity contribution in [1.82, 2.24) is 0 Å². The highest BCUT2D eigenvalue weighted by atomic mass is 19.1. The van der Waals surface area contributed by atoms with Crippen molar-refractivity contribution in [3.8, 4) is 0 Å². The molecule has 0 radical (unpaired) electrons. The summed E-state index contributed by atoms with van der Waals surface area (Å²) in [5, 5.41) is 0. The van der Waals surface area contributed by atoms with Crippen LogP contribution in [0.5, 0.6) is 0 Å². The van der Waals surface area contributed by atoms with Crippen LogP contribution in [0, 0.1) is 11.6 Å². The second-order valence-electron chi connectivity index (χ2n) is 4.04. The molecule has 0 aliphatic carbocycles. The normalized spacial score (nSPS) is 15.0. The van der Waals surface area contributed by atoms with E-state index in [4.69, 9.17) is 10.5 Å². The molecule has 0 aliphatic heterocycles. The van der Waals surface area contributed by atoms with Gasteiger partial charge in [0.1, 0.15) is 11.6 Å². The molecule has 84 valence electrons. The van der Waals surface area contributed by atoms with Gasteiger partial charge in [0.2, 0.25) is 0 Å². The Morgan fingerprint density at radius 2 is 1.80 bits per heavy atom. The molecule has 0 aliphatic rings. The standard InChI is InChI=1S/C11H15F2NO/c1-11(14,7-15-2)6-8-3-9(12)5-10(13)4-8/h3-5H,6-7,14H2,1-2H3. The third kappa shape index (κ3) is 3.93. The minimum Gasteiger partial charge on any atom is -0.383 e. The second-order valence-corrected chi connectivity index (χ2v) is 4.04. The van der Waals surface area contributed by atoms with Gasteiger partial charge in [-0.3, -0.25) is 0 Å². The van der Waals surface area contributed by atoms with Gasteiger partial charge >= 0.3 is 0 Å². The molecule has 0 saturated heterocycles. The summed E-state index contributed by atoms with van der Waals surface area (Å²) in [6.45, 7) is 2.12. The summed E-state index contributed by atoms with van der Waals surface area (Å²) in [5.41, 5.74) is 5.81. The lowest BCUT2D eigenvalue weighted by molar-refractivity contribution is 0.141. The molecule has 1 unspecified atom stereocenters. The van der Waals surface area contributed by atoms with Crippen molar-refractivity contribution >= 4 is 0 Å². The number of rotatable bonds is 4. The van der Waals surface area contributed by atoms with Crippen LogP contribution < -0.4 is 5.73 Å². The highest BCUT2D eigenvalue weighted by molar-refractivity contribution is 5.20. The second kappa shape index (κ2) is 4.68. The fraction of sp³-hybridized carbons (Fsp3) is 0.455. The maximum absolute atomic E-state index is 12.9. The first-order valence-electron chi connectivity index (χ1n) is 4.66. The Balaban J connectivity index is 2.80. The molecule has 15 heavy (non-hydrogen) atoms. The van der Waals surface area contributed by atoms with Gasteiger partial charge in [0, 0.05) is 18.7 Å². The van der Waals surface area contributed by atoms with Crippen LogP contribution in [0.4, 0.5) is 8.78 Å². The molecule has 0 fully saturated rings. The van der Waals surface area contributed by atoms with Crippen molar-refractivity contribution in [3.63, 3.8) is 0 Å². The Morgan fingerprint density at radius 3 is 2.27 bits per heavy atom. The minimum atomic E-state index is -0.616. The summed E-state index contributed by atoms with van der Waals surface area (Å²) in [5.74, 6) is -1.17. The smallest absolute Gasteiger partial charge is 0.126 e. The average Bonchev–Trinajstić information content (AvgIpc) is 1.99. The molecule has 0 spiro atoms. The monoisotopic (exact) mass is 215 g/mol. The zero-order valence-electron chi connectivity index (χ0n) is 8.89. The lowest BCUT2D eigenvalue weighted by Crippen LogP contribution is -2.43. The highest BCUT2D eigenvalue weighted by Gasteiger charge is 2.19. The number of benzene rings is 1. The van der Waals surface area contributed by atoms with Crippen molar-refractivity contribution in [2.45, 2.75) is 18.9 Å². The molecule has 1 aromatic rings. The van der Waals surface area contributed by atoms with Crippen LogP contribution in [0.25, 0.3) is 0 Å². The van der Waals surface area contributed by atoms with E-state index in [2.05, 4.69) is 0 Å². The largest absolute Gasteiger partial charge is 0.383 e. The topological polar surface area (TPSA) is 35.2 Å². The minimum absolute atomic E-state index is 0.338. The fourth-order valence-corrected chi connectivity index (χ4v) is 1.56. The van der Waals surface area contributed by atoms with Crippen molar-refractivity contribution in [2.24, 2.45) is 5.73 Å². The van der Waals surface area contributed by atoms with Crippen molar-refractivity contribution in [3.05, 3.63) is 35.4 Å². The first-order chi connectivity index (χ1) is 6.93. The number of hydrogen-bond acceptors (Lipinski definition) is 2. The van der Waals surface area contributed by atoms with Gasteiger partial charge in [0.15, 0.2) is 0 Å². The molecule has 0 saturated carbocycles. The number of halogens is 2. The molecule has 0 aromatic heterocycles. The van der Waals surface area contributed by atoms with E-state index in [0.29, 0.717) is 18.6 Å². The van der Waals surface area contributed by atoms with Crippen LogP contribution in [0.1, 0.15) is 12.5 Å².